The van der Waals surface area contributed by atoms with Crippen molar-refractivity contribution in [1.82, 2.24) is 0 Å². The van der Waals surface area contributed by atoms with Gasteiger partial charge in [-0.05, 0) is 0 Å². The summed E-state index contributed by atoms with van der Waals surface area (Å²) in [5.74, 6) is 1.83. The zero-order chi connectivity index (χ0) is 14.2. The second kappa shape index (κ2) is 6.99. The Balaban J connectivity index is 4.63. The first-order chi connectivity index (χ1) is 8.38. The predicted octanol–water partition coefficient (Wildman–Crippen LogP) is 0.648. The van der Waals surface area contributed by atoms with E-state index in [1.165, 1.54) is 0 Å². The number of carbonyl (C=O) groups excluding carboxylic acids is 2. The van der Waals surface area contributed by atoms with Gasteiger partial charge in [0.05, 0.1) is 6.07 Å². The second-order valence-corrected chi connectivity index (χ2v) is 4.06. The van der Waals surface area contributed by atoms with Crippen LogP contribution in [0.5, 0.6) is 0 Å². The first-order valence-corrected chi connectivity index (χ1v) is 5.03. The van der Waals surface area contributed by atoms with Gasteiger partial charge in [-0.15, -0.1) is 12.8 Å². The third-order valence-corrected chi connectivity index (χ3v) is 2.07. The molecular formula is C13H13NO4. The number of terminal acetylenes is 2. The normalized spacial score (nSPS) is 11.3. The summed E-state index contributed by atoms with van der Waals surface area (Å²) in [5.41, 5.74) is -0.758. The summed E-state index contributed by atoms with van der Waals surface area (Å²) in [5, 5.41) is 8.63. The first-order valence-electron chi connectivity index (χ1n) is 5.03. The van der Waals surface area contributed by atoms with Crippen molar-refractivity contribution in [1.29, 1.82) is 5.26 Å². The van der Waals surface area contributed by atoms with E-state index in [9.17, 15) is 9.59 Å². The standard InChI is InChI=1S/C13H13NO4/c1-5-9-17-11(15)12(16)18-10(6-2)13(3,4)7-8-14/h1-2,10H,7,9H2,3-4H3. The summed E-state index contributed by atoms with van der Waals surface area (Å²) < 4.78 is 9.19. The molecule has 0 aliphatic carbocycles. The zero-order valence-corrected chi connectivity index (χ0v) is 10.2. The smallest absolute Gasteiger partial charge is 0.418 e. The molecule has 0 radical (unpaired) electrons. The van der Waals surface area contributed by atoms with Gasteiger partial charge in [0.15, 0.2) is 12.7 Å². The number of esters is 2. The Hall–Kier alpha value is -2.45. The summed E-state index contributed by atoms with van der Waals surface area (Å²) in [6.45, 7) is 2.98. The summed E-state index contributed by atoms with van der Waals surface area (Å²) >= 11 is 0. The molecule has 0 aromatic rings. The third kappa shape index (κ3) is 4.60. The number of nitrogens with zero attached hydrogens (tertiary/aromatic N) is 1. The van der Waals surface area contributed by atoms with Crippen LogP contribution in [0, 0.1) is 41.4 Å². The molecule has 0 saturated carbocycles. The van der Waals surface area contributed by atoms with Crippen molar-refractivity contribution in [2.45, 2.75) is 26.4 Å². The van der Waals surface area contributed by atoms with Crippen molar-refractivity contribution in [2.24, 2.45) is 5.41 Å². The monoisotopic (exact) mass is 247 g/mol. The van der Waals surface area contributed by atoms with Crippen LogP contribution in [0.2, 0.25) is 0 Å². The number of carbonyl (C=O) groups is 2. The zero-order valence-electron chi connectivity index (χ0n) is 10.2. The summed E-state index contributed by atoms with van der Waals surface area (Å²) in [4.78, 5) is 22.4. The van der Waals surface area contributed by atoms with Crippen LogP contribution in [-0.4, -0.2) is 24.6 Å². The van der Waals surface area contributed by atoms with E-state index in [-0.39, 0.29) is 13.0 Å². The first kappa shape index (κ1) is 15.6. The van der Waals surface area contributed by atoms with Gasteiger partial charge in [0, 0.05) is 11.8 Å². The van der Waals surface area contributed by atoms with E-state index in [1.54, 1.807) is 13.8 Å². The van der Waals surface area contributed by atoms with Crippen molar-refractivity contribution in [3.8, 4) is 30.8 Å². The molecule has 0 rings (SSSR count). The Bertz CT molecular complexity index is 445. The van der Waals surface area contributed by atoms with Gasteiger partial charge in [0.1, 0.15) is 0 Å². The van der Waals surface area contributed by atoms with Crippen LogP contribution in [0.1, 0.15) is 20.3 Å². The molecule has 0 aliphatic heterocycles. The highest BCUT2D eigenvalue weighted by atomic mass is 16.6. The molecule has 1 unspecified atom stereocenters. The van der Waals surface area contributed by atoms with Crippen molar-refractivity contribution in [3.63, 3.8) is 0 Å². The third-order valence-electron chi connectivity index (χ3n) is 2.07. The van der Waals surface area contributed by atoms with Crippen molar-refractivity contribution < 1.29 is 19.1 Å². The van der Waals surface area contributed by atoms with Crippen molar-refractivity contribution in [3.05, 3.63) is 0 Å². The molecule has 5 heteroatoms. The van der Waals surface area contributed by atoms with Gasteiger partial charge in [-0.25, -0.2) is 9.59 Å². The molecule has 5 nitrogen and oxygen atoms in total. The molecule has 94 valence electrons. The molecule has 0 spiro atoms. The van der Waals surface area contributed by atoms with Crippen molar-refractivity contribution in [2.75, 3.05) is 6.61 Å². The van der Waals surface area contributed by atoms with Gasteiger partial charge in [0.2, 0.25) is 0 Å². The average Bonchev–Trinajstić information content (AvgIpc) is 2.32. The van der Waals surface area contributed by atoms with Crippen LogP contribution in [0.3, 0.4) is 0 Å². The Kier molecular flexibility index (Phi) is 6.04. The van der Waals surface area contributed by atoms with Crippen LogP contribution >= 0.6 is 0 Å². The van der Waals surface area contributed by atoms with Crippen LogP contribution in [0.15, 0.2) is 0 Å². The summed E-state index contributed by atoms with van der Waals surface area (Å²) in [6.07, 6.45) is 9.16. The van der Waals surface area contributed by atoms with Gasteiger partial charge in [-0.3, -0.25) is 0 Å². The Morgan fingerprint density at radius 1 is 1.33 bits per heavy atom. The predicted molar refractivity (Wildman–Crippen MR) is 62.5 cm³/mol. The number of nitriles is 1. The maximum absolute atomic E-state index is 11.3. The van der Waals surface area contributed by atoms with Gasteiger partial charge >= 0.3 is 11.9 Å². The molecule has 0 fully saturated rings. The van der Waals surface area contributed by atoms with E-state index in [1.807, 2.05) is 12.0 Å². The summed E-state index contributed by atoms with van der Waals surface area (Å²) in [6, 6.07) is 1.93. The van der Waals surface area contributed by atoms with E-state index >= 15 is 0 Å². The molecule has 0 saturated heterocycles. The van der Waals surface area contributed by atoms with Crippen LogP contribution in [0.4, 0.5) is 0 Å². The van der Waals surface area contributed by atoms with Gasteiger partial charge in [0.25, 0.3) is 0 Å². The SMILES string of the molecule is C#CCOC(=O)C(=O)OC(C#C)C(C)(C)CC#N. The topological polar surface area (TPSA) is 76.4 Å². The maximum Gasteiger partial charge on any atom is 0.418 e. The minimum Gasteiger partial charge on any atom is -0.444 e. The highest BCUT2D eigenvalue weighted by molar-refractivity contribution is 6.29. The lowest BCUT2D eigenvalue weighted by Crippen LogP contribution is -2.35. The molecule has 0 aromatic heterocycles. The van der Waals surface area contributed by atoms with E-state index in [2.05, 4.69) is 10.7 Å². The highest BCUT2D eigenvalue weighted by Crippen LogP contribution is 2.26. The van der Waals surface area contributed by atoms with E-state index in [0.717, 1.165) is 0 Å². The Labute approximate surface area is 106 Å². The fourth-order valence-corrected chi connectivity index (χ4v) is 1.04. The molecule has 18 heavy (non-hydrogen) atoms. The molecule has 0 N–H and O–H groups in total. The molecule has 0 bridgehead atoms. The van der Waals surface area contributed by atoms with E-state index in [0.29, 0.717) is 0 Å². The molecule has 1 atom stereocenters. The Morgan fingerprint density at radius 2 is 1.94 bits per heavy atom. The lowest BCUT2D eigenvalue weighted by molar-refractivity contribution is -0.171. The Morgan fingerprint density at radius 3 is 2.39 bits per heavy atom. The fourth-order valence-electron chi connectivity index (χ4n) is 1.04. The number of hydrogen-bond acceptors (Lipinski definition) is 5. The minimum absolute atomic E-state index is 0.0779. The quantitative estimate of drug-likeness (QED) is 0.414. The largest absolute Gasteiger partial charge is 0.444 e. The molecule has 0 aliphatic rings. The average molecular weight is 247 g/mol. The number of rotatable bonds is 4. The second-order valence-electron chi connectivity index (χ2n) is 4.06. The lowest BCUT2D eigenvalue weighted by atomic mass is 9.84. The van der Waals surface area contributed by atoms with E-state index in [4.69, 9.17) is 22.8 Å². The van der Waals surface area contributed by atoms with Crippen LogP contribution < -0.4 is 0 Å². The van der Waals surface area contributed by atoms with E-state index < -0.39 is 23.5 Å². The number of hydrogen-bond donors (Lipinski definition) is 0. The molecule has 0 aromatic carbocycles. The van der Waals surface area contributed by atoms with Gasteiger partial charge in [-0.2, -0.15) is 5.26 Å². The van der Waals surface area contributed by atoms with Crippen LogP contribution in [-0.2, 0) is 19.1 Å². The van der Waals surface area contributed by atoms with Gasteiger partial charge < -0.3 is 9.47 Å². The molecule has 0 amide bonds. The maximum atomic E-state index is 11.3. The van der Waals surface area contributed by atoms with Crippen LogP contribution in [0.25, 0.3) is 0 Å². The minimum atomic E-state index is -1.22. The fraction of sp³-hybridized carbons (Fsp3) is 0.462. The molecule has 0 heterocycles. The van der Waals surface area contributed by atoms with Gasteiger partial charge in [-0.1, -0.05) is 25.7 Å². The lowest BCUT2D eigenvalue weighted by Gasteiger charge is -2.27. The number of ether oxygens (including phenoxy) is 2. The summed E-state index contributed by atoms with van der Waals surface area (Å²) in [7, 11) is 0. The highest BCUT2D eigenvalue weighted by Gasteiger charge is 2.33. The molecular weight excluding hydrogens is 234 g/mol. The van der Waals surface area contributed by atoms with Crippen molar-refractivity contribution >= 4 is 11.9 Å².